The first-order valence-corrected chi connectivity index (χ1v) is 18.2. The fourth-order valence-electron chi connectivity index (χ4n) is 7.87. The van der Waals surface area contributed by atoms with Crippen LogP contribution >= 0.6 is 0 Å². The summed E-state index contributed by atoms with van der Waals surface area (Å²) in [7, 11) is 0. The molecular weight excluding hydrogens is 626 g/mol. The van der Waals surface area contributed by atoms with E-state index in [4.69, 9.17) is 0 Å². The number of hydrogen-bond acceptors (Lipinski definition) is 8. The van der Waals surface area contributed by atoms with E-state index in [-0.39, 0.29) is 35.4 Å². The van der Waals surface area contributed by atoms with Gasteiger partial charge in [0.1, 0.15) is 23.8 Å². The first kappa shape index (κ1) is 36.4. The summed E-state index contributed by atoms with van der Waals surface area (Å²) in [6.07, 6.45) is 13.9. The van der Waals surface area contributed by atoms with Crippen LogP contribution in [0.2, 0.25) is 0 Å². The molecule has 0 radical (unpaired) electrons. The van der Waals surface area contributed by atoms with E-state index in [1.165, 1.54) is 18.6 Å². The van der Waals surface area contributed by atoms with Crippen LogP contribution in [0.15, 0.2) is 18.6 Å². The van der Waals surface area contributed by atoms with Gasteiger partial charge in [-0.1, -0.05) is 59.8 Å². The summed E-state index contributed by atoms with van der Waals surface area (Å²) in [6.45, 7) is 7.85. The summed E-state index contributed by atoms with van der Waals surface area (Å²) in [4.78, 5) is 91.4. The second kappa shape index (κ2) is 15.8. The molecule has 13 nitrogen and oxygen atoms in total. The molecule has 1 aliphatic heterocycles. The molecule has 5 rings (SSSR count). The summed E-state index contributed by atoms with van der Waals surface area (Å²) in [5.41, 5.74) is -0.638. The summed E-state index contributed by atoms with van der Waals surface area (Å²) in [5.74, 6) is -3.20. The van der Waals surface area contributed by atoms with Crippen molar-refractivity contribution in [3.63, 3.8) is 0 Å². The molecule has 0 spiro atoms. The van der Waals surface area contributed by atoms with Crippen molar-refractivity contribution in [2.24, 2.45) is 23.2 Å². The van der Waals surface area contributed by atoms with Crippen LogP contribution < -0.4 is 21.3 Å². The fraction of sp³-hybridized carbons (Fsp3) is 0.722. The molecule has 4 N–H and O–H groups in total. The summed E-state index contributed by atoms with van der Waals surface area (Å²) in [6, 6.07) is -3.68. The van der Waals surface area contributed by atoms with E-state index >= 15 is 0 Å². The first-order valence-electron chi connectivity index (χ1n) is 18.2. The number of nitrogens with one attached hydrogen (secondary N) is 4. The number of ketones is 1. The molecule has 1 aromatic rings. The van der Waals surface area contributed by atoms with Crippen molar-refractivity contribution in [1.29, 1.82) is 0 Å². The third-order valence-corrected chi connectivity index (χ3v) is 10.7. The number of carbonyl (C=O) groups is 6. The van der Waals surface area contributed by atoms with Gasteiger partial charge in [-0.3, -0.25) is 33.8 Å². The topological polar surface area (TPSA) is 180 Å². The predicted molar refractivity (Wildman–Crippen MR) is 181 cm³/mol. The van der Waals surface area contributed by atoms with Crippen molar-refractivity contribution in [1.82, 2.24) is 36.1 Å². The maximum Gasteiger partial charge on any atom is 0.289 e. The van der Waals surface area contributed by atoms with Gasteiger partial charge in [-0.25, -0.2) is 4.98 Å². The molecule has 3 saturated carbocycles. The van der Waals surface area contributed by atoms with Crippen LogP contribution in [0.3, 0.4) is 0 Å². The van der Waals surface area contributed by atoms with Gasteiger partial charge < -0.3 is 26.2 Å². The summed E-state index contributed by atoms with van der Waals surface area (Å²) >= 11 is 0. The van der Waals surface area contributed by atoms with Crippen LogP contribution in [0.1, 0.15) is 115 Å². The lowest BCUT2D eigenvalue weighted by molar-refractivity contribution is -0.146. The fourth-order valence-corrected chi connectivity index (χ4v) is 7.87. The Morgan fingerprint density at radius 3 is 2.27 bits per heavy atom. The molecular formula is C36H53N7O6. The molecule has 0 aromatic carbocycles. The van der Waals surface area contributed by atoms with Gasteiger partial charge in [-0.15, -0.1) is 0 Å². The highest BCUT2D eigenvalue weighted by Gasteiger charge is 2.52. The Morgan fingerprint density at radius 1 is 0.898 bits per heavy atom. The summed E-state index contributed by atoms with van der Waals surface area (Å²) in [5, 5.41) is 11.5. The Labute approximate surface area is 288 Å². The van der Waals surface area contributed by atoms with Gasteiger partial charge in [0.05, 0.1) is 12.2 Å². The van der Waals surface area contributed by atoms with E-state index in [1.807, 2.05) is 27.7 Å². The summed E-state index contributed by atoms with van der Waals surface area (Å²) < 4.78 is 0. The molecule has 1 saturated heterocycles. The molecule has 0 bridgehead atoms. The molecule has 268 valence electrons. The zero-order chi connectivity index (χ0) is 35.3. The van der Waals surface area contributed by atoms with Gasteiger partial charge in [0, 0.05) is 25.0 Å². The molecule has 6 atom stereocenters. The van der Waals surface area contributed by atoms with Crippen molar-refractivity contribution >= 4 is 35.3 Å². The number of likely N-dealkylation sites (tertiary alicyclic amines) is 1. The van der Waals surface area contributed by atoms with Crippen molar-refractivity contribution in [2.45, 2.75) is 135 Å². The molecule has 13 heteroatoms. The number of amides is 5. The van der Waals surface area contributed by atoms with Gasteiger partial charge in [0.25, 0.3) is 11.8 Å². The molecule has 3 aliphatic carbocycles. The van der Waals surface area contributed by atoms with Gasteiger partial charge >= 0.3 is 0 Å². The smallest absolute Gasteiger partial charge is 0.289 e. The van der Waals surface area contributed by atoms with Crippen molar-refractivity contribution < 1.29 is 28.8 Å². The van der Waals surface area contributed by atoms with E-state index in [1.54, 1.807) is 4.90 Å². The number of fused-ring (bicyclic) bond motifs is 1. The average Bonchev–Trinajstić information content (AvgIpc) is 3.65. The van der Waals surface area contributed by atoms with Crippen molar-refractivity contribution in [3.05, 3.63) is 24.3 Å². The minimum absolute atomic E-state index is 0.0132. The Hall–Kier alpha value is -3.90. The molecule has 2 heterocycles. The zero-order valence-corrected chi connectivity index (χ0v) is 29.3. The molecule has 5 amide bonds. The number of carbonyl (C=O) groups excluding carboxylic acids is 6. The second-order valence-electron chi connectivity index (χ2n) is 15.5. The molecule has 1 unspecified atom stereocenters. The second-order valence-corrected chi connectivity index (χ2v) is 15.5. The molecule has 4 aliphatic rings. The van der Waals surface area contributed by atoms with Crippen molar-refractivity contribution in [3.8, 4) is 0 Å². The number of nitrogens with zero attached hydrogens (tertiary/aromatic N) is 3. The monoisotopic (exact) mass is 679 g/mol. The molecule has 4 fully saturated rings. The van der Waals surface area contributed by atoms with E-state index in [0.29, 0.717) is 19.4 Å². The third kappa shape index (κ3) is 8.83. The normalized spacial score (nSPS) is 24.2. The van der Waals surface area contributed by atoms with Gasteiger partial charge in [-0.2, -0.15) is 0 Å². The number of rotatable bonds is 13. The van der Waals surface area contributed by atoms with Crippen LogP contribution in [0.4, 0.5) is 0 Å². The molecule has 49 heavy (non-hydrogen) atoms. The minimum atomic E-state index is -0.994. The quantitative estimate of drug-likeness (QED) is 0.230. The number of hydrogen-bond donors (Lipinski definition) is 4. The van der Waals surface area contributed by atoms with Crippen LogP contribution in [0.25, 0.3) is 0 Å². The average molecular weight is 680 g/mol. The van der Waals surface area contributed by atoms with Crippen LogP contribution in [-0.2, 0) is 24.0 Å². The third-order valence-electron chi connectivity index (χ3n) is 10.7. The Kier molecular flexibility index (Phi) is 11.7. The van der Waals surface area contributed by atoms with Crippen LogP contribution in [-0.4, -0.2) is 86.9 Å². The largest absolute Gasteiger partial charge is 0.347 e. The van der Waals surface area contributed by atoms with E-state index in [9.17, 15) is 28.8 Å². The van der Waals surface area contributed by atoms with Gasteiger partial charge in [-0.05, 0) is 68.1 Å². The predicted octanol–water partition coefficient (Wildman–Crippen LogP) is 2.45. The number of aromatic nitrogens is 2. The minimum Gasteiger partial charge on any atom is -0.347 e. The molecule has 1 aromatic heterocycles. The van der Waals surface area contributed by atoms with Gasteiger partial charge in [0.15, 0.2) is 0 Å². The van der Waals surface area contributed by atoms with E-state index in [2.05, 4.69) is 31.2 Å². The van der Waals surface area contributed by atoms with Crippen LogP contribution in [0, 0.1) is 23.2 Å². The SMILES string of the molecule is CCC[C@H](NC(=O)C1[C@H]2CCC[C@@H]2CN1C(=O)[C@@H](NC(=O)[C@@H](NC(=O)c1cnccn1)C1CCCCC1)C(C)(C)C)C(=O)C(=O)NC1CC1. The highest BCUT2D eigenvalue weighted by molar-refractivity contribution is 6.38. The van der Waals surface area contributed by atoms with Gasteiger partial charge in [0.2, 0.25) is 23.5 Å². The zero-order valence-electron chi connectivity index (χ0n) is 29.3. The Morgan fingerprint density at radius 2 is 1.63 bits per heavy atom. The Balaban J connectivity index is 1.36. The highest BCUT2D eigenvalue weighted by Crippen LogP contribution is 2.43. The first-order chi connectivity index (χ1) is 23.4. The maximum atomic E-state index is 14.6. The van der Waals surface area contributed by atoms with Crippen molar-refractivity contribution in [2.75, 3.05) is 6.54 Å². The lowest BCUT2D eigenvalue weighted by atomic mass is 9.82. The maximum absolute atomic E-state index is 14.6. The number of Topliss-reactive ketones (excluding diaryl/α,β-unsaturated/α-hetero) is 1. The van der Waals surface area contributed by atoms with Crippen LogP contribution in [0.5, 0.6) is 0 Å². The lowest BCUT2D eigenvalue weighted by Gasteiger charge is -2.38. The standard InChI is InChI=1S/C36H53N7O6/c1-5-10-25(29(44)34(48)39-23-15-16-23)40-33(47)28-24-14-9-13-22(24)20-43(28)35(49)30(36(2,3)4)42-32(46)27(21-11-7-6-8-12-21)41-31(45)26-19-37-17-18-38-26/h17-19,21-25,27-28,30H,5-16,20H2,1-4H3,(H,39,48)(H,40,47)(H,41,45)(H,42,46)/t22-,24+,25+,27+,28?,30-/m1/s1. The highest BCUT2D eigenvalue weighted by atomic mass is 16.2. The Bertz CT molecular complexity index is 1390. The van der Waals surface area contributed by atoms with E-state index in [0.717, 1.165) is 64.2 Å². The van der Waals surface area contributed by atoms with E-state index < -0.39 is 59.0 Å². The lowest BCUT2D eigenvalue weighted by Crippen LogP contribution is -2.62.